The molecule has 2 aromatic carbocycles. The van der Waals surface area contributed by atoms with Gasteiger partial charge in [-0.05, 0) is 50.1 Å². The van der Waals surface area contributed by atoms with Gasteiger partial charge >= 0.3 is 5.97 Å². The van der Waals surface area contributed by atoms with E-state index in [9.17, 15) is 19.1 Å². The Labute approximate surface area is 248 Å². The van der Waals surface area contributed by atoms with E-state index in [1.54, 1.807) is 31.4 Å². The molecular weight excluding hydrogens is 558 g/mol. The molecule has 11 nitrogen and oxygen atoms in total. The second-order valence-electron chi connectivity index (χ2n) is 10.3. The summed E-state index contributed by atoms with van der Waals surface area (Å²) >= 11 is 0. The lowest BCUT2D eigenvalue weighted by Gasteiger charge is -2.36. The molecule has 0 aromatic heterocycles. The summed E-state index contributed by atoms with van der Waals surface area (Å²) in [5, 5.41) is 14.8. The van der Waals surface area contributed by atoms with E-state index in [1.807, 2.05) is 18.2 Å². The molecule has 0 radical (unpaired) electrons. The minimum atomic E-state index is -1.43. The number of nitrogens with one attached hydrogen (secondary N) is 1. The Bertz CT molecular complexity index is 1390. The normalized spacial score (nSPS) is 18.5. The molecule has 1 fully saturated rings. The van der Waals surface area contributed by atoms with E-state index in [4.69, 9.17) is 15.2 Å². The molecule has 4 rings (SSSR count). The summed E-state index contributed by atoms with van der Waals surface area (Å²) in [6.45, 7) is 6.32. The first-order chi connectivity index (χ1) is 20.3. The second kappa shape index (κ2) is 14.3. The first-order valence-corrected chi connectivity index (χ1v) is 15.4. The van der Waals surface area contributed by atoms with E-state index in [0.29, 0.717) is 16.2 Å². The van der Waals surface area contributed by atoms with Crippen molar-refractivity contribution in [2.45, 2.75) is 37.0 Å². The highest BCUT2D eigenvalue weighted by atomic mass is 32.2. The fourth-order valence-corrected chi connectivity index (χ4v) is 6.98. The quantitative estimate of drug-likeness (QED) is 0.162. The molecule has 2 aliphatic rings. The van der Waals surface area contributed by atoms with Crippen molar-refractivity contribution in [3.05, 3.63) is 87.0 Å². The third-order valence-corrected chi connectivity index (χ3v) is 9.26. The van der Waals surface area contributed by atoms with Gasteiger partial charge < -0.3 is 25.4 Å². The van der Waals surface area contributed by atoms with E-state index in [0.717, 1.165) is 63.4 Å². The number of rotatable bonds is 12. The average molecular weight is 598 g/mol. The van der Waals surface area contributed by atoms with Crippen LogP contribution in [0.4, 0.5) is 5.69 Å². The van der Waals surface area contributed by atoms with Crippen molar-refractivity contribution < 1.29 is 23.4 Å². The number of benzene rings is 2. The number of carbonyl (C=O) groups is 1. The molecular formula is C30H39N5O6S. The number of allylic oxidation sites excluding steroid dienone is 2. The lowest BCUT2D eigenvalue weighted by molar-refractivity contribution is -0.431. The fraction of sp³-hybridized carbons (Fsp3) is 0.433. The van der Waals surface area contributed by atoms with E-state index in [-0.39, 0.29) is 22.8 Å². The summed E-state index contributed by atoms with van der Waals surface area (Å²) in [4.78, 5) is 29.5. The number of esters is 1. The number of hydrogen-bond acceptors (Lipinski definition) is 10. The van der Waals surface area contributed by atoms with E-state index in [2.05, 4.69) is 21.2 Å². The number of nitro groups is 1. The van der Waals surface area contributed by atoms with Gasteiger partial charge in [0.2, 0.25) is 0 Å². The Morgan fingerprint density at radius 1 is 1.07 bits per heavy atom. The number of anilines is 1. The standard InChI is InChI=1S/C30H39N5O6S/c1-21-28(35(37)38)26(27(29(31)32-21)30(36)41-3)22-11-5-8-14-25(22)42(39)20-10-4-9-15-33-16-18-34(19-17-33)23-12-6-7-13-24(23)40-2/h5-8,11-14,26,32H,4,9-10,15-20,31H2,1-3H3. The second-order valence-corrected chi connectivity index (χ2v) is 11.8. The van der Waals surface area contributed by atoms with Crippen LogP contribution in [0.2, 0.25) is 0 Å². The predicted molar refractivity (Wildman–Crippen MR) is 162 cm³/mol. The maximum atomic E-state index is 13.5. The third kappa shape index (κ3) is 6.93. The van der Waals surface area contributed by atoms with Gasteiger partial charge in [0.15, 0.2) is 0 Å². The molecule has 0 spiro atoms. The third-order valence-electron chi connectivity index (χ3n) is 7.74. The fourth-order valence-electron chi connectivity index (χ4n) is 5.61. The smallest absolute Gasteiger partial charge is 0.338 e. The van der Waals surface area contributed by atoms with Crippen molar-refractivity contribution in [1.82, 2.24) is 10.2 Å². The van der Waals surface area contributed by atoms with Crippen LogP contribution >= 0.6 is 0 Å². The molecule has 226 valence electrons. The Kier molecular flexibility index (Phi) is 10.6. The van der Waals surface area contributed by atoms with E-state index < -0.39 is 27.6 Å². The van der Waals surface area contributed by atoms with E-state index in [1.165, 1.54) is 14.0 Å². The zero-order valence-electron chi connectivity index (χ0n) is 24.3. The molecule has 3 N–H and O–H groups in total. The molecule has 2 aliphatic heterocycles. The van der Waals surface area contributed by atoms with Crippen molar-refractivity contribution >= 4 is 22.5 Å². The number of hydrogen-bond donors (Lipinski definition) is 2. The molecule has 42 heavy (non-hydrogen) atoms. The minimum Gasteiger partial charge on any atom is -0.495 e. The minimum absolute atomic E-state index is 0.0146. The summed E-state index contributed by atoms with van der Waals surface area (Å²) in [6, 6.07) is 14.9. The molecule has 0 amide bonds. The van der Waals surface area contributed by atoms with Gasteiger partial charge in [-0.1, -0.05) is 36.8 Å². The highest BCUT2D eigenvalue weighted by molar-refractivity contribution is 7.85. The SMILES string of the molecule is COC(=O)C1=C(N)NC(C)=C([N+](=O)[O-])C1c1ccccc1S(=O)CCCCCN1CCN(c2ccccc2OC)CC1. The Hall–Kier alpha value is -3.90. The molecule has 1 saturated heterocycles. The average Bonchev–Trinajstić information content (AvgIpc) is 3.00. The lowest BCUT2D eigenvalue weighted by Crippen LogP contribution is -2.46. The number of ether oxygens (including phenoxy) is 2. The Morgan fingerprint density at radius 2 is 1.76 bits per heavy atom. The highest BCUT2D eigenvalue weighted by Gasteiger charge is 2.42. The van der Waals surface area contributed by atoms with Crippen molar-refractivity contribution in [3.8, 4) is 5.75 Å². The first-order valence-electron chi connectivity index (χ1n) is 14.0. The number of methoxy groups -OCH3 is 2. The van der Waals surface area contributed by atoms with Crippen molar-refractivity contribution in [2.75, 3.05) is 57.6 Å². The van der Waals surface area contributed by atoms with E-state index >= 15 is 0 Å². The van der Waals surface area contributed by atoms with Crippen LogP contribution < -0.4 is 20.7 Å². The topological polar surface area (TPSA) is 140 Å². The van der Waals surface area contributed by atoms with Gasteiger partial charge in [-0.3, -0.25) is 19.2 Å². The molecule has 12 heteroatoms. The number of dihydropyridines is 1. The highest BCUT2D eigenvalue weighted by Crippen LogP contribution is 2.40. The number of unbranched alkanes of at least 4 members (excludes halogenated alkanes) is 2. The Morgan fingerprint density at radius 3 is 2.45 bits per heavy atom. The first kappa shape index (κ1) is 31.0. The molecule has 0 aliphatic carbocycles. The predicted octanol–water partition coefficient (Wildman–Crippen LogP) is 3.33. The van der Waals surface area contributed by atoms with Crippen LogP contribution in [0.5, 0.6) is 5.75 Å². The largest absolute Gasteiger partial charge is 0.495 e. The van der Waals surface area contributed by atoms with Crippen LogP contribution in [-0.4, -0.2) is 72.7 Å². The van der Waals surface area contributed by atoms with Gasteiger partial charge in [0.25, 0.3) is 5.70 Å². The Balaban J connectivity index is 1.35. The van der Waals surface area contributed by atoms with Crippen LogP contribution in [0.15, 0.2) is 76.2 Å². The van der Waals surface area contributed by atoms with Crippen molar-refractivity contribution in [2.24, 2.45) is 5.73 Å². The molecule has 2 aromatic rings. The lowest BCUT2D eigenvalue weighted by atomic mass is 9.85. The summed E-state index contributed by atoms with van der Waals surface area (Å²) in [5.74, 6) is -0.599. The summed E-state index contributed by atoms with van der Waals surface area (Å²) in [5.41, 5.74) is 7.59. The zero-order chi connectivity index (χ0) is 30.2. The van der Waals surface area contributed by atoms with Crippen LogP contribution in [-0.2, 0) is 20.3 Å². The molecule has 2 heterocycles. The van der Waals surface area contributed by atoms with Gasteiger partial charge in [0, 0.05) is 36.8 Å². The van der Waals surface area contributed by atoms with Gasteiger partial charge in [0.1, 0.15) is 17.5 Å². The maximum absolute atomic E-state index is 13.5. The van der Waals surface area contributed by atoms with Gasteiger partial charge in [-0.2, -0.15) is 0 Å². The summed E-state index contributed by atoms with van der Waals surface area (Å²) < 4.78 is 23.9. The summed E-state index contributed by atoms with van der Waals surface area (Å²) in [6.07, 6.45) is 2.64. The van der Waals surface area contributed by atoms with Crippen molar-refractivity contribution in [1.29, 1.82) is 0 Å². The number of piperazine rings is 1. The zero-order valence-corrected chi connectivity index (χ0v) is 25.2. The van der Waals surface area contributed by atoms with Crippen LogP contribution in [0.3, 0.4) is 0 Å². The van der Waals surface area contributed by atoms with Gasteiger partial charge in [-0.25, -0.2) is 4.79 Å². The van der Waals surface area contributed by atoms with Crippen molar-refractivity contribution in [3.63, 3.8) is 0 Å². The number of para-hydroxylation sites is 2. The van der Waals surface area contributed by atoms with Crippen LogP contribution in [0.25, 0.3) is 0 Å². The van der Waals surface area contributed by atoms with Gasteiger partial charge in [-0.15, -0.1) is 0 Å². The number of carbonyl (C=O) groups excluding carboxylic acids is 1. The van der Waals surface area contributed by atoms with Gasteiger partial charge in [0.05, 0.1) is 46.9 Å². The molecule has 0 saturated carbocycles. The number of nitrogens with two attached hydrogens (primary N) is 1. The molecule has 2 unspecified atom stereocenters. The maximum Gasteiger partial charge on any atom is 0.338 e. The monoisotopic (exact) mass is 597 g/mol. The molecule has 0 bridgehead atoms. The van der Waals surface area contributed by atoms with Crippen LogP contribution in [0, 0.1) is 10.1 Å². The molecule has 2 atom stereocenters. The van der Waals surface area contributed by atoms with Crippen LogP contribution in [0.1, 0.15) is 37.7 Å². The number of nitrogens with zero attached hydrogens (tertiary/aromatic N) is 3. The summed E-state index contributed by atoms with van der Waals surface area (Å²) in [7, 11) is 1.46.